The summed E-state index contributed by atoms with van der Waals surface area (Å²) in [6, 6.07) is 20.3. The van der Waals surface area contributed by atoms with E-state index in [1.165, 1.54) is 25.1 Å². The molecule has 0 fully saturated rings. The van der Waals surface area contributed by atoms with Crippen molar-refractivity contribution in [2.24, 2.45) is 0 Å². The molecule has 3 aromatic carbocycles. The van der Waals surface area contributed by atoms with Gasteiger partial charge in [-0.05, 0) is 36.8 Å². The normalized spacial score (nSPS) is 10.2. The molecule has 0 unspecified atom stereocenters. The van der Waals surface area contributed by atoms with E-state index in [4.69, 9.17) is 0 Å². The van der Waals surface area contributed by atoms with Crippen LogP contribution in [0.25, 0.3) is 0 Å². The number of nitrogens with one attached hydrogen (secondary N) is 2. The van der Waals surface area contributed by atoms with Gasteiger partial charge in [0.1, 0.15) is 5.69 Å². The summed E-state index contributed by atoms with van der Waals surface area (Å²) in [4.78, 5) is 35.0. The Balaban J connectivity index is 1.78. The van der Waals surface area contributed by atoms with Gasteiger partial charge in [0.05, 0.1) is 4.92 Å². The summed E-state index contributed by atoms with van der Waals surface area (Å²) in [6.07, 6.45) is 0. The Kier molecular flexibility index (Phi) is 5.99. The van der Waals surface area contributed by atoms with Gasteiger partial charge in [-0.15, -0.1) is 0 Å². The molecule has 29 heavy (non-hydrogen) atoms. The van der Waals surface area contributed by atoms with Crippen LogP contribution in [0.5, 0.6) is 0 Å². The number of amides is 1. The first-order valence-corrected chi connectivity index (χ1v) is 8.92. The van der Waals surface area contributed by atoms with Gasteiger partial charge in [0, 0.05) is 29.4 Å². The summed E-state index contributed by atoms with van der Waals surface area (Å²) in [5.74, 6) is -0.617. The molecule has 0 bridgehead atoms. The van der Waals surface area contributed by atoms with Crippen LogP contribution in [0.15, 0.2) is 72.8 Å². The standard InChI is InChI=1S/C22H19N3O4/c1-15(26)17-8-5-9-19(12-17)24-22(27)18-10-11-20(21(13-18)25(28)29)23-14-16-6-3-2-4-7-16/h2-13,23H,14H2,1H3,(H,24,27). The van der Waals surface area contributed by atoms with Gasteiger partial charge in [0.25, 0.3) is 11.6 Å². The number of carbonyl (C=O) groups is 2. The molecule has 0 aliphatic rings. The Morgan fingerprint density at radius 2 is 1.69 bits per heavy atom. The number of Topliss-reactive ketones (excluding diaryl/α,β-unsaturated/α-hetero) is 1. The molecule has 0 radical (unpaired) electrons. The highest BCUT2D eigenvalue weighted by atomic mass is 16.6. The molecule has 146 valence electrons. The van der Waals surface area contributed by atoms with Crippen molar-refractivity contribution in [1.29, 1.82) is 0 Å². The maximum Gasteiger partial charge on any atom is 0.293 e. The third-order valence-electron chi connectivity index (χ3n) is 4.31. The highest BCUT2D eigenvalue weighted by Crippen LogP contribution is 2.26. The lowest BCUT2D eigenvalue weighted by Crippen LogP contribution is -2.13. The Morgan fingerprint density at radius 1 is 0.931 bits per heavy atom. The summed E-state index contributed by atoms with van der Waals surface area (Å²) in [6.45, 7) is 1.86. The molecule has 1 amide bonds. The zero-order chi connectivity index (χ0) is 20.8. The van der Waals surface area contributed by atoms with Gasteiger partial charge in [-0.2, -0.15) is 0 Å². The molecule has 2 N–H and O–H groups in total. The SMILES string of the molecule is CC(=O)c1cccc(NC(=O)c2ccc(NCc3ccccc3)c([N+](=O)[O-])c2)c1. The fourth-order valence-electron chi connectivity index (χ4n) is 2.79. The third-order valence-corrected chi connectivity index (χ3v) is 4.31. The molecule has 0 aliphatic carbocycles. The maximum atomic E-state index is 12.5. The van der Waals surface area contributed by atoms with Crippen molar-refractivity contribution < 1.29 is 14.5 Å². The summed E-state index contributed by atoms with van der Waals surface area (Å²) in [5, 5.41) is 17.2. The average Bonchev–Trinajstić information content (AvgIpc) is 2.73. The minimum Gasteiger partial charge on any atom is -0.375 e. The first-order valence-electron chi connectivity index (χ1n) is 8.92. The van der Waals surface area contributed by atoms with E-state index in [0.29, 0.717) is 23.5 Å². The van der Waals surface area contributed by atoms with Gasteiger partial charge in [-0.3, -0.25) is 19.7 Å². The predicted molar refractivity (Wildman–Crippen MR) is 111 cm³/mol. The van der Waals surface area contributed by atoms with Crippen LogP contribution < -0.4 is 10.6 Å². The molecule has 3 rings (SSSR count). The van der Waals surface area contributed by atoms with Crippen molar-refractivity contribution in [1.82, 2.24) is 0 Å². The van der Waals surface area contributed by atoms with E-state index in [1.807, 2.05) is 30.3 Å². The monoisotopic (exact) mass is 389 g/mol. The quantitative estimate of drug-likeness (QED) is 0.348. The highest BCUT2D eigenvalue weighted by molar-refractivity contribution is 6.05. The van der Waals surface area contributed by atoms with Gasteiger partial charge in [-0.25, -0.2) is 0 Å². The number of carbonyl (C=O) groups excluding carboxylic acids is 2. The van der Waals surface area contributed by atoms with Crippen LogP contribution in [0, 0.1) is 10.1 Å². The number of rotatable bonds is 7. The average molecular weight is 389 g/mol. The topological polar surface area (TPSA) is 101 Å². The fraction of sp³-hybridized carbons (Fsp3) is 0.0909. The summed E-state index contributed by atoms with van der Waals surface area (Å²) in [5.41, 5.74) is 2.18. The number of hydrogen-bond acceptors (Lipinski definition) is 5. The fourth-order valence-corrected chi connectivity index (χ4v) is 2.79. The van der Waals surface area contributed by atoms with Crippen LogP contribution in [0.2, 0.25) is 0 Å². The first-order chi connectivity index (χ1) is 13.9. The van der Waals surface area contributed by atoms with Crippen LogP contribution in [0.4, 0.5) is 17.1 Å². The first kappa shape index (κ1) is 19.8. The molecule has 3 aromatic rings. The Morgan fingerprint density at radius 3 is 2.38 bits per heavy atom. The zero-order valence-corrected chi connectivity index (χ0v) is 15.7. The van der Waals surface area contributed by atoms with E-state index in [0.717, 1.165) is 5.56 Å². The lowest BCUT2D eigenvalue weighted by molar-refractivity contribution is -0.384. The van der Waals surface area contributed by atoms with Crippen molar-refractivity contribution in [3.05, 3.63) is 99.6 Å². The molecule has 0 spiro atoms. The molecule has 0 aliphatic heterocycles. The van der Waals surface area contributed by atoms with Crippen LogP contribution in [-0.2, 0) is 6.54 Å². The molecule has 7 heteroatoms. The Bertz CT molecular complexity index is 1060. The van der Waals surface area contributed by atoms with Gasteiger partial charge in [0.2, 0.25) is 0 Å². The minimum absolute atomic E-state index is 0.120. The lowest BCUT2D eigenvalue weighted by Gasteiger charge is -2.10. The number of nitrogens with zero attached hydrogens (tertiary/aromatic N) is 1. The minimum atomic E-state index is -0.527. The van der Waals surface area contributed by atoms with E-state index >= 15 is 0 Å². The van der Waals surface area contributed by atoms with Crippen molar-refractivity contribution in [3.63, 3.8) is 0 Å². The smallest absolute Gasteiger partial charge is 0.293 e. The number of benzene rings is 3. The summed E-state index contributed by atoms with van der Waals surface area (Å²) in [7, 11) is 0. The van der Waals surface area contributed by atoms with Crippen LogP contribution in [0.3, 0.4) is 0 Å². The zero-order valence-electron chi connectivity index (χ0n) is 15.7. The molecule has 0 saturated heterocycles. The molecule has 0 saturated carbocycles. The van der Waals surface area contributed by atoms with Crippen LogP contribution in [-0.4, -0.2) is 16.6 Å². The third kappa shape index (κ3) is 5.04. The van der Waals surface area contributed by atoms with E-state index in [1.54, 1.807) is 24.3 Å². The number of anilines is 2. The van der Waals surface area contributed by atoms with Crippen molar-refractivity contribution >= 4 is 28.8 Å². The van der Waals surface area contributed by atoms with Crippen LogP contribution >= 0.6 is 0 Å². The van der Waals surface area contributed by atoms with E-state index in [-0.39, 0.29) is 17.0 Å². The molecule has 7 nitrogen and oxygen atoms in total. The summed E-state index contributed by atoms with van der Waals surface area (Å²) < 4.78 is 0. The van der Waals surface area contributed by atoms with Crippen molar-refractivity contribution in [3.8, 4) is 0 Å². The second-order valence-electron chi connectivity index (χ2n) is 6.42. The van der Waals surface area contributed by atoms with Gasteiger partial charge < -0.3 is 10.6 Å². The Labute approximate surface area is 167 Å². The van der Waals surface area contributed by atoms with E-state index in [2.05, 4.69) is 10.6 Å². The maximum absolute atomic E-state index is 12.5. The molecule has 0 aromatic heterocycles. The molecular weight excluding hydrogens is 370 g/mol. The van der Waals surface area contributed by atoms with Gasteiger partial charge >= 0.3 is 0 Å². The van der Waals surface area contributed by atoms with E-state index < -0.39 is 10.8 Å². The number of ketones is 1. The lowest BCUT2D eigenvalue weighted by atomic mass is 10.1. The van der Waals surface area contributed by atoms with Gasteiger partial charge in [-0.1, -0.05) is 42.5 Å². The molecule has 0 atom stereocenters. The van der Waals surface area contributed by atoms with Crippen molar-refractivity contribution in [2.75, 3.05) is 10.6 Å². The largest absolute Gasteiger partial charge is 0.375 e. The van der Waals surface area contributed by atoms with Gasteiger partial charge in [0.15, 0.2) is 5.78 Å². The summed E-state index contributed by atoms with van der Waals surface area (Å²) >= 11 is 0. The number of nitro benzene ring substituents is 1. The second kappa shape index (κ2) is 8.79. The molecular formula is C22H19N3O4. The predicted octanol–water partition coefficient (Wildman–Crippen LogP) is 4.66. The van der Waals surface area contributed by atoms with E-state index in [9.17, 15) is 19.7 Å². The number of hydrogen-bond donors (Lipinski definition) is 2. The van der Waals surface area contributed by atoms with Crippen LogP contribution in [0.1, 0.15) is 33.2 Å². The highest BCUT2D eigenvalue weighted by Gasteiger charge is 2.18. The molecule has 0 heterocycles. The van der Waals surface area contributed by atoms with Crippen molar-refractivity contribution in [2.45, 2.75) is 13.5 Å². The number of nitro groups is 1. The second-order valence-corrected chi connectivity index (χ2v) is 6.42. The Hall–Kier alpha value is -4.00.